The van der Waals surface area contributed by atoms with Gasteiger partial charge in [0.25, 0.3) is 5.91 Å². The van der Waals surface area contributed by atoms with Crippen molar-refractivity contribution in [3.8, 4) is 5.75 Å². The summed E-state index contributed by atoms with van der Waals surface area (Å²) in [6.07, 6.45) is 5.19. The van der Waals surface area contributed by atoms with Crippen LogP contribution in [0.3, 0.4) is 0 Å². The standard InChI is InChI=1S/C15H23N3O2/c1-18(2)15(19)14-10-13(5-8-17-14)20-9-6-12-4-3-7-16-11-12/h5,8,10,12,16H,3-4,6-7,9,11H2,1-2H3. The van der Waals surface area contributed by atoms with Crippen molar-refractivity contribution >= 4 is 5.91 Å². The molecule has 110 valence electrons. The molecule has 1 atom stereocenters. The van der Waals surface area contributed by atoms with Gasteiger partial charge in [0.2, 0.25) is 0 Å². The smallest absolute Gasteiger partial charge is 0.272 e. The fourth-order valence-corrected chi connectivity index (χ4v) is 2.36. The first-order valence-corrected chi connectivity index (χ1v) is 7.18. The summed E-state index contributed by atoms with van der Waals surface area (Å²) in [5.41, 5.74) is 0.423. The maximum Gasteiger partial charge on any atom is 0.272 e. The summed E-state index contributed by atoms with van der Waals surface area (Å²) in [6.45, 7) is 2.91. The number of carbonyl (C=O) groups is 1. The summed E-state index contributed by atoms with van der Waals surface area (Å²) in [5.74, 6) is 1.31. The monoisotopic (exact) mass is 277 g/mol. The molecule has 1 amide bonds. The Labute approximate surface area is 120 Å². The Hall–Kier alpha value is -1.62. The molecule has 0 radical (unpaired) electrons. The molecule has 1 fully saturated rings. The van der Waals surface area contributed by atoms with Crippen molar-refractivity contribution in [2.45, 2.75) is 19.3 Å². The maximum absolute atomic E-state index is 11.8. The van der Waals surface area contributed by atoms with E-state index in [1.165, 1.54) is 17.7 Å². The third-order valence-corrected chi connectivity index (χ3v) is 3.55. The van der Waals surface area contributed by atoms with E-state index in [1.54, 1.807) is 32.4 Å². The summed E-state index contributed by atoms with van der Waals surface area (Å²) in [5, 5.41) is 3.40. The van der Waals surface area contributed by atoms with Gasteiger partial charge < -0.3 is 15.0 Å². The Bertz CT molecular complexity index is 442. The van der Waals surface area contributed by atoms with Gasteiger partial charge in [-0.3, -0.25) is 9.78 Å². The molecule has 0 saturated carbocycles. The summed E-state index contributed by atoms with van der Waals surface area (Å²) >= 11 is 0. The van der Waals surface area contributed by atoms with Gasteiger partial charge in [-0.25, -0.2) is 0 Å². The Balaban J connectivity index is 1.83. The van der Waals surface area contributed by atoms with E-state index in [0.29, 0.717) is 24.0 Å². The Morgan fingerprint density at radius 2 is 2.40 bits per heavy atom. The van der Waals surface area contributed by atoms with Crippen LogP contribution in [0, 0.1) is 5.92 Å². The molecule has 2 heterocycles. The summed E-state index contributed by atoms with van der Waals surface area (Å²) in [4.78, 5) is 17.4. The van der Waals surface area contributed by atoms with Crippen molar-refractivity contribution < 1.29 is 9.53 Å². The normalized spacial score (nSPS) is 18.6. The van der Waals surface area contributed by atoms with Gasteiger partial charge in [-0.15, -0.1) is 0 Å². The van der Waals surface area contributed by atoms with E-state index in [4.69, 9.17) is 4.74 Å². The molecule has 1 aliphatic heterocycles. The number of nitrogens with zero attached hydrogens (tertiary/aromatic N) is 2. The van der Waals surface area contributed by atoms with Crippen LogP contribution in [0.25, 0.3) is 0 Å². The molecule has 1 aliphatic rings. The number of hydrogen-bond donors (Lipinski definition) is 1. The van der Waals surface area contributed by atoms with Gasteiger partial charge in [0.15, 0.2) is 0 Å². The molecule has 5 nitrogen and oxygen atoms in total. The van der Waals surface area contributed by atoms with Crippen molar-refractivity contribution in [3.05, 3.63) is 24.0 Å². The van der Waals surface area contributed by atoms with Crippen LogP contribution >= 0.6 is 0 Å². The van der Waals surface area contributed by atoms with Crippen molar-refractivity contribution in [1.82, 2.24) is 15.2 Å². The van der Waals surface area contributed by atoms with E-state index in [2.05, 4.69) is 10.3 Å². The number of aromatic nitrogens is 1. The molecule has 1 saturated heterocycles. The number of ether oxygens (including phenoxy) is 1. The van der Waals surface area contributed by atoms with Gasteiger partial charge in [-0.05, 0) is 44.3 Å². The van der Waals surface area contributed by atoms with Crippen molar-refractivity contribution in [2.24, 2.45) is 5.92 Å². The highest BCUT2D eigenvalue weighted by Gasteiger charge is 2.13. The number of piperidine rings is 1. The van der Waals surface area contributed by atoms with Gasteiger partial charge in [0.1, 0.15) is 11.4 Å². The zero-order chi connectivity index (χ0) is 14.4. The van der Waals surface area contributed by atoms with Crippen molar-refractivity contribution in [3.63, 3.8) is 0 Å². The van der Waals surface area contributed by atoms with Crippen LogP contribution in [0.4, 0.5) is 0 Å². The molecule has 0 aromatic carbocycles. The lowest BCUT2D eigenvalue weighted by Crippen LogP contribution is -2.30. The molecule has 0 spiro atoms. The van der Waals surface area contributed by atoms with Gasteiger partial charge in [-0.2, -0.15) is 0 Å². The number of nitrogens with one attached hydrogen (secondary N) is 1. The van der Waals surface area contributed by atoms with Crippen LogP contribution in [-0.4, -0.2) is 49.6 Å². The van der Waals surface area contributed by atoms with Crippen molar-refractivity contribution in [2.75, 3.05) is 33.8 Å². The number of pyridine rings is 1. The molecule has 1 N–H and O–H groups in total. The van der Waals surface area contributed by atoms with Crippen molar-refractivity contribution in [1.29, 1.82) is 0 Å². The summed E-state index contributed by atoms with van der Waals surface area (Å²) in [7, 11) is 3.43. The second kappa shape index (κ2) is 7.24. The first kappa shape index (κ1) is 14.8. The van der Waals surface area contributed by atoms with Crippen LogP contribution < -0.4 is 10.1 Å². The maximum atomic E-state index is 11.8. The molecule has 1 aromatic heterocycles. The van der Waals surface area contributed by atoms with E-state index in [1.807, 2.05) is 0 Å². The Morgan fingerprint density at radius 3 is 3.10 bits per heavy atom. The van der Waals surface area contributed by atoms with Crippen LogP contribution in [0.1, 0.15) is 29.8 Å². The molecule has 2 rings (SSSR count). The zero-order valence-electron chi connectivity index (χ0n) is 12.3. The number of carbonyl (C=O) groups excluding carboxylic acids is 1. The SMILES string of the molecule is CN(C)C(=O)c1cc(OCCC2CCCNC2)ccn1. The summed E-state index contributed by atoms with van der Waals surface area (Å²) in [6, 6.07) is 3.51. The predicted octanol–water partition coefficient (Wildman–Crippen LogP) is 1.55. The fraction of sp³-hybridized carbons (Fsp3) is 0.600. The highest BCUT2D eigenvalue weighted by Crippen LogP contribution is 2.16. The van der Waals surface area contributed by atoms with Gasteiger partial charge >= 0.3 is 0 Å². The first-order valence-electron chi connectivity index (χ1n) is 7.18. The van der Waals surface area contributed by atoms with E-state index in [-0.39, 0.29) is 5.91 Å². The number of rotatable bonds is 5. The molecule has 0 bridgehead atoms. The molecule has 1 aromatic rings. The highest BCUT2D eigenvalue weighted by molar-refractivity contribution is 5.92. The van der Waals surface area contributed by atoms with Gasteiger partial charge in [-0.1, -0.05) is 0 Å². The molecule has 0 aliphatic carbocycles. The van der Waals surface area contributed by atoms with E-state index in [0.717, 1.165) is 19.5 Å². The molecule has 5 heteroatoms. The van der Waals surface area contributed by atoms with Crippen LogP contribution in [0.2, 0.25) is 0 Å². The van der Waals surface area contributed by atoms with E-state index >= 15 is 0 Å². The largest absolute Gasteiger partial charge is 0.493 e. The van der Waals surface area contributed by atoms with E-state index in [9.17, 15) is 4.79 Å². The number of amides is 1. The Kier molecular flexibility index (Phi) is 5.35. The number of hydrogen-bond acceptors (Lipinski definition) is 4. The minimum atomic E-state index is -0.105. The fourth-order valence-electron chi connectivity index (χ4n) is 2.36. The topological polar surface area (TPSA) is 54.5 Å². The third kappa shape index (κ3) is 4.20. The van der Waals surface area contributed by atoms with Crippen LogP contribution in [0.15, 0.2) is 18.3 Å². The summed E-state index contributed by atoms with van der Waals surface area (Å²) < 4.78 is 5.74. The van der Waals surface area contributed by atoms with Gasteiger partial charge in [0, 0.05) is 26.4 Å². The average molecular weight is 277 g/mol. The lowest BCUT2D eigenvalue weighted by atomic mass is 9.97. The average Bonchev–Trinajstić information content (AvgIpc) is 2.48. The van der Waals surface area contributed by atoms with Crippen LogP contribution in [-0.2, 0) is 0 Å². The minimum absolute atomic E-state index is 0.105. The van der Waals surface area contributed by atoms with Gasteiger partial charge in [0.05, 0.1) is 6.61 Å². The highest BCUT2D eigenvalue weighted by atomic mass is 16.5. The molecular formula is C15H23N3O2. The second-order valence-corrected chi connectivity index (χ2v) is 5.43. The Morgan fingerprint density at radius 1 is 1.55 bits per heavy atom. The molecular weight excluding hydrogens is 254 g/mol. The van der Waals surface area contributed by atoms with E-state index < -0.39 is 0 Å². The lowest BCUT2D eigenvalue weighted by Gasteiger charge is -2.22. The molecule has 20 heavy (non-hydrogen) atoms. The minimum Gasteiger partial charge on any atom is -0.493 e. The van der Waals surface area contributed by atoms with Crippen LogP contribution in [0.5, 0.6) is 5.75 Å². The zero-order valence-corrected chi connectivity index (χ0v) is 12.3. The predicted molar refractivity (Wildman–Crippen MR) is 78.0 cm³/mol. The lowest BCUT2D eigenvalue weighted by molar-refractivity contribution is 0.0821. The molecule has 1 unspecified atom stereocenters. The quantitative estimate of drug-likeness (QED) is 0.887. The third-order valence-electron chi connectivity index (χ3n) is 3.55. The first-order chi connectivity index (χ1) is 9.66. The second-order valence-electron chi connectivity index (χ2n) is 5.43.